The molecule has 20 heavy (non-hydrogen) atoms. The summed E-state index contributed by atoms with van der Waals surface area (Å²) in [7, 11) is 0. The number of amides is 1. The molecule has 0 heterocycles. The van der Waals surface area contributed by atoms with Crippen LogP contribution in [0.15, 0.2) is 30.3 Å². The Hall–Kier alpha value is -1.62. The molecule has 0 aliphatic carbocycles. The highest BCUT2D eigenvalue weighted by molar-refractivity contribution is 7.80. The number of hydrogen-bond donors (Lipinski definition) is 2. The number of ether oxygens (including phenoxy) is 1. The second-order valence-corrected chi connectivity index (χ2v) is 6.05. The predicted molar refractivity (Wildman–Crippen MR) is 84.8 cm³/mol. The van der Waals surface area contributed by atoms with Crippen LogP contribution in [0.2, 0.25) is 0 Å². The Balaban J connectivity index is 2.36. The second kappa shape index (κ2) is 7.24. The summed E-state index contributed by atoms with van der Waals surface area (Å²) < 4.78 is 5.14. The molecule has 0 aromatic heterocycles. The standard InChI is InChI=1S/C15H22N2O2S/c1-11(12-8-6-5-7-9-12)17-13(20)10-16-14(18)19-15(2,3)4/h5-9,11H,10H2,1-4H3,(H,16,18)(H,17,20)/t11-/m0/s1. The van der Waals surface area contributed by atoms with Gasteiger partial charge in [-0.3, -0.25) is 0 Å². The monoisotopic (exact) mass is 294 g/mol. The molecular weight excluding hydrogens is 272 g/mol. The zero-order chi connectivity index (χ0) is 15.2. The maximum absolute atomic E-state index is 11.5. The highest BCUT2D eigenvalue weighted by atomic mass is 32.1. The lowest BCUT2D eigenvalue weighted by Crippen LogP contribution is -2.39. The third-order valence-corrected chi connectivity index (χ3v) is 2.73. The van der Waals surface area contributed by atoms with Crippen molar-refractivity contribution in [1.29, 1.82) is 0 Å². The van der Waals surface area contributed by atoms with E-state index in [2.05, 4.69) is 10.6 Å². The minimum atomic E-state index is -0.504. The molecule has 0 saturated carbocycles. The molecule has 0 saturated heterocycles. The first kappa shape index (κ1) is 16.4. The number of thiocarbonyl (C=S) groups is 1. The van der Waals surface area contributed by atoms with Crippen molar-refractivity contribution in [3.05, 3.63) is 35.9 Å². The molecule has 2 N–H and O–H groups in total. The van der Waals surface area contributed by atoms with Gasteiger partial charge < -0.3 is 15.4 Å². The van der Waals surface area contributed by atoms with Crippen LogP contribution in [-0.4, -0.2) is 23.2 Å². The SMILES string of the molecule is C[C@H](NC(=S)CNC(=O)OC(C)(C)C)c1ccccc1. The van der Waals surface area contributed by atoms with Gasteiger partial charge in [0.15, 0.2) is 0 Å². The molecule has 5 heteroatoms. The largest absolute Gasteiger partial charge is 0.444 e. The Morgan fingerprint density at radius 1 is 1.30 bits per heavy atom. The van der Waals surface area contributed by atoms with Crippen LogP contribution in [0.3, 0.4) is 0 Å². The van der Waals surface area contributed by atoms with Gasteiger partial charge in [0, 0.05) is 6.04 Å². The van der Waals surface area contributed by atoms with E-state index in [0.29, 0.717) is 4.99 Å². The summed E-state index contributed by atoms with van der Waals surface area (Å²) >= 11 is 5.21. The average Bonchev–Trinajstić information content (AvgIpc) is 2.35. The minimum absolute atomic E-state index is 0.101. The van der Waals surface area contributed by atoms with Crippen LogP contribution in [0.1, 0.15) is 39.3 Å². The molecule has 0 aliphatic heterocycles. The first-order chi connectivity index (χ1) is 9.28. The number of nitrogens with one attached hydrogen (secondary N) is 2. The predicted octanol–water partition coefficient (Wildman–Crippen LogP) is 3.19. The summed E-state index contributed by atoms with van der Waals surface area (Å²) in [5.41, 5.74) is 0.642. The average molecular weight is 294 g/mol. The maximum atomic E-state index is 11.5. The van der Waals surface area contributed by atoms with Crippen molar-refractivity contribution in [3.63, 3.8) is 0 Å². The van der Waals surface area contributed by atoms with E-state index in [1.165, 1.54) is 0 Å². The Morgan fingerprint density at radius 2 is 1.90 bits per heavy atom. The highest BCUT2D eigenvalue weighted by Gasteiger charge is 2.16. The summed E-state index contributed by atoms with van der Waals surface area (Å²) in [4.78, 5) is 12.1. The first-order valence-electron chi connectivity index (χ1n) is 6.59. The fraction of sp³-hybridized carbons (Fsp3) is 0.467. The zero-order valence-electron chi connectivity index (χ0n) is 12.4. The Labute approximate surface area is 125 Å². The lowest BCUT2D eigenvalue weighted by Gasteiger charge is -2.20. The second-order valence-electron chi connectivity index (χ2n) is 5.56. The van der Waals surface area contributed by atoms with E-state index in [1.807, 2.05) is 58.0 Å². The molecule has 110 valence electrons. The van der Waals surface area contributed by atoms with Gasteiger partial charge in [-0.25, -0.2) is 4.79 Å². The van der Waals surface area contributed by atoms with Crippen molar-refractivity contribution >= 4 is 23.3 Å². The normalized spacial score (nSPS) is 12.4. The number of carbonyl (C=O) groups excluding carboxylic acids is 1. The molecule has 0 bridgehead atoms. The summed E-state index contributed by atoms with van der Waals surface area (Å²) in [5, 5.41) is 5.81. The Bertz CT molecular complexity index is 455. The number of hydrogen-bond acceptors (Lipinski definition) is 3. The van der Waals surface area contributed by atoms with Crippen molar-refractivity contribution in [2.24, 2.45) is 0 Å². The fourth-order valence-corrected chi connectivity index (χ4v) is 1.83. The Morgan fingerprint density at radius 3 is 2.45 bits per heavy atom. The molecule has 0 unspecified atom stereocenters. The van der Waals surface area contributed by atoms with Crippen LogP contribution >= 0.6 is 12.2 Å². The van der Waals surface area contributed by atoms with Crippen molar-refractivity contribution in [2.45, 2.75) is 39.3 Å². The van der Waals surface area contributed by atoms with Gasteiger partial charge in [0.05, 0.1) is 11.5 Å². The molecule has 1 rings (SSSR count). The summed E-state index contributed by atoms with van der Waals surface area (Å²) in [5.74, 6) is 0. The lowest BCUT2D eigenvalue weighted by molar-refractivity contribution is 0.0536. The van der Waals surface area contributed by atoms with Crippen LogP contribution in [0, 0.1) is 0 Å². The van der Waals surface area contributed by atoms with Crippen molar-refractivity contribution < 1.29 is 9.53 Å². The summed E-state index contributed by atoms with van der Waals surface area (Å²) in [6.45, 7) is 7.75. The van der Waals surface area contributed by atoms with E-state index in [4.69, 9.17) is 17.0 Å². The molecule has 1 atom stereocenters. The van der Waals surface area contributed by atoms with Crippen LogP contribution in [-0.2, 0) is 4.74 Å². The Kier molecular flexibility index (Phi) is 5.95. The smallest absolute Gasteiger partial charge is 0.408 e. The van der Waals surface area contributed by atoms with E-state index in [0.717, 1.165) is 5.56 Å². The highest BCUT2D eigenvalue weighted by Crippen LogP contribution is 2.11. The van der Waals surface area contributed by atoms with Gasteiger partial charge in [-0.2, -0.15) is 0 Å². The molecule has 4 nitrogen and oxygen atoms in total. The van der Waals surface area contributed by atoms with Gasteiger partial charge >= 0.3 is 6.09 Å². The minimum Gasteiger partial charge on any atom is -0.444 e. The van der Waals surface area contributed by atoms with Gasteiger partial charge in [-0.1, -0.05) is 42.5 Å². The topological polar surface area (TPSA) is 50.4 Å². The molecule has 1 aromatic carbocycles. The van der Waals surface area contributed by atoms with Gasteiger partial charge in [0.1, 0.15) is 5.60 Å². The van der Waals surface area contributed by atoms with Crippen molar-refractivity contribution in [3.8, 4) is 0 Å². The number of carbonyl (C=O) groups is 1. The van der Waals surface area contributed by atoms with Gasteiger partial charge in [0.2, 0.25) is 0 Å². The summed E-state index contributed by atoms with van der Waals surface area (Å²) in [6, 6.07) is 10.1. The lowest BCUT2D eigenvalue weighted by atomic mass is 10.1. The van der Waals surface area contributed by atoms with E-state index >= 15 is 0 Å². The molecule has 0 spiro atoms. The number of benzene rings is 1. The summed E-state index contributed by atoms with van der Waals surface area (Å²) in [6.07, 6.45) is -0.464. The number of rotatable bonds is 4. The van der Waals surface area contributed by atoms with Gasteiger partial charge in [-0.05, 0) is 33.3 Å². The molecule has 0 radical (unpaired) electrons. The molecule has 1 amide bonds. The van der Waals surface area contributed by atoms with Crippen LogP contribution in [0.25, 0.3) is 0 Å². The van der Waals surface area contributed by atoms with Crippen LogP contribution in [0.4, 0.5) is 4.79 Å². The van der Waals surface area contributed by atoms with Crippen LogP contribution in [0.5, 0.6) is 0 Å². The van der Waals surface area contributed by atoms with Gasteiger partial charge in [-0.15, -0.1) is 0 Å². The maximum Gasteiger partial charge on any atom is 0.408 e. The molecule has 0 aliphatic rings. The van der Waals surface area contributed by atoms with Crippen LogP contribution < -0.4 is 10.6 Å². The quantitative estimate of drug-likeness (QED) is 0.837. The van der Waals surface area contributed by atoms with E-state index < -0.39 is 11.7 Å². The fourth-order valence-electron chi connectivity index (χ4n) is 1.58. The van der Waals surface area contributed by atoms with E-state index in [-0.39, 0.29) is 12.6 Å². The zero-order valence-corrected chi connectivity index (χ0v) is 13.2. The van der Waals surface area contributed by atoms with Crippen molar-refractivity contribution in [1.82, 2.24) is 10.6 Å². The van der Waals surface area contributed by atoms with E-state index in [1.54, 1.807) is 0 Å². The van der Waals surface area contributed by atoms with Gasteiger partial charge in [0.25, 0.3) is 0 Å². The third-order valence-electron chi connectivity index (χ3n) is 2.47. The molecular formula is C15H22N2O2S. The molecule has 0 fully saturated rings. The number of alkyl carbamates (subject to hydrolysis) is 1. The molecule has 1 aromatic rings. The van der Waals surface area contributed by atoms with E-state index in [9.17, 15) is 4.79 Å². The third kappa shape index (κ3) is 6.52. The first-order valence-corrected chi connectivity index (χ1v) is 7.00. The van der Waals surface area contributed by atoms with Crippen molar-refractivity contribution in [2.75, 3.05) is 6.54 Å².